The number of sulfone groups is 1. The van der Waals surface area contributed by atoms with E-state index >= 15 is 0 Å². The minimum absolute atomic E-state index is 0.222. The van der Waals surface area contributed by atoms with Crippen molar-refractivity contribution in [2.75, 3.05) is 6.26 Å². The molecule has 0 spiro atoms. The van der Waals surface area contributed by atoms with Crippen molar-refractivity contribution in [1.82, 2.24) is 4.31 Å². The Bertz CT molecular complexity index is 1080. The average molecular weight is 420 g/mol. The molecule has 0 radical (unpaired) electrons. The Morgan fingerprint density at radius 2 is 1.46 bits per heavy atom. The molecule has 7 heteroatoms. The Kier molecular flexibility index (Phi) is 4.88. The lowest BCUT2D eigenvalue weighted by Gasteiger charge is -2.37. The standard InChI is InChI=1S/C21H25NO4S2/c1-15-4-3-5-17(12-15)16-6-10-20(11-7-16)28(25,26)22-18-8-9-19(22)14-21(13-18)27(2,23)24/h3-7,10-12,18-19,21H,8-9,13-14H2,1-2H3. The van der Waals surface area contributed by atoms with E-state index < -0.39 is 25.1 Å². The van der Waals surface area contributed by atoms with Crippen LogP contribution in [0.3, 0.4) is 0 Å². The minimum atomic E-state index is -3.64. The van der Waals surface area contributed by atoms with Crippen molar-refractivity contribution in [2.24, 2.45) is 0 Å². The molecule has 5 nitrogen and oxygen atoms in total. The van der Waals surface area contributed by atoms with Gasteiger partial charge in [0, 0.05) is 18.3 Å². The third kappa shape index (κ3) is 3.51. The van der Waals surface area contributed by atoms with Crippen molar-refractivity contribution in [3.63, 3.8) is 0 Å². The highest BCUT2D eigenvalue weighted by molar-refractivity contribution is 7.91. The average Bonchev–Trinajstić information content (AvgIpc) is 2.92. The van der Waals surface area contributed by atoms with Crippen LogP contribution < -0.4 is 0 Å². The number of benzene rings is 2. The fourth-order valence-corrected chi connectivity index (χ4v) is 7.63. The van der Waals surface area contributed by atoms with Crippen LogP contribution in [0.2, 0.25) is 0 Å². The molecule has 2 aromatic carbocycles. The van der Waals surface area contributed by atoms with Crippen LogP contribution in [0.4, 0.5) is 0 Å². The molecule has 0 aliphatic carbocycles. The molecule has 150 valence electrons. The van der Waals surface area contributed by atoms with Gasteiger partial charge < -0.3 is 0 Å². The summed E-state index contributed by atoms with van der Waals surface area (Å²) in [6, 6.07) is 14.6. The van der Waals surface area contributed by atoms with Gasteiger partial charge in [-0.05, 0) is 55.9 Å². The summed E-state index contributed by atoms with van der Waals surface area (Å²) in [5.41, 5.74) is 3.18. The molecule has 0 N–H and O–H groups in total. The van der Waals surface area contributed by atoms with E-state index in [9.17, 15) is 16.8 Å². The van der Waals surface area contributed by atoms with Crippen molar-refractivity contribution in [3.8, 4) is 11.1 Å². The fourth-order valence-electron chi connectivity index (χ4n) is 4.59. The second kappa shape index (κ2) is 6.97. The van der Waals surface area contributed by atoms with E-state index in [1.54, 1.807) is 16.4 Å². The van der Waals surface area contributed by atoms with Crippen LogP contribution in [-0.4, -0.2) is 44.7 Å². The van der Waals surface area contributed by atoms with Gasteiger partial charge in [-0.3, -0.25) is 0 Å². The summed E-state index contributed by atoms with van der Waals surface area (Å²) in [7, 11) is -6.78. The lowest BCUT2D eigenvalue weighted by molar-refractivity contribution is 0.249. The molecule has 4 rings (SSSR count). The van der Waals surface area contributed by atoms with E-state index in [4.69, 9.17) is 0 Å². The highest BCUT2D eigenvalue weighted by Crippen LogP contribution is 2.41. The first-order valence-corrected chi connectivity index (χ1v) is 13.0. The number of aryl methyl sites for hydroxylation is 1. The Hall–Kier alpha value is -1.70. The highest BCUT2D eigenvalue weighted by Gasteiger charge is 2.49. The minimum Gasteiger partial charge on any atom is -0.229 e. The monoisotopic (exact) mass is 419 g/mol. The zero-order valence-corrected chi connectivity index (χ0v) is 17.7. The van der Waals surface area contributed by atoms with Gasteiger partial charge in [0.05, 0.1) is 10.1 Å². The van der Waals surface area contributed by atoms with Gasteiger partial charge in [-0.2, -0.15) is 4.31 Å². The molecular formula is C21H25NO4S2. The van der Waals surface area contributed by atoms with Crippen LogP contribution in [0.15, 0.2) is 53.4 Å². The molecule has 2 unspecified atom stereocenters. The summed E-state index contributed by atoms with van der Waals surface area (Å²) in [5, 5.41) is -0.430. The SMILES string of the molecule is Cc1cccc(-c2ccc(S(=O)(=O)N3C4CCC3CC(S(C)(=O)=O)C4)cc2)c1. The molecule has 2 fully saturated rings. The largest absolute Gasteiger partial charge is 0.243 e. The third-order valence-electron chi connectivity index (χ3n) is 6.01. The zero-order chi connectivity index (χ0) is 20.1. The lowest BCUT2D eigenvalue weighted by atomic mass is 10.0. The Labute approximate surface area is 167 Å². The normalized spacial score (nSPS) is 25.7. The third-order valence-corrected chi connectivity index (χ3v) is 9.62. The van der Waals surface area contributed by atoms with Crippen LogP contribution in [0.1, 0.15) is 31.2 Å². The number of nitrogens with zero attached hydrogens (tertiary/aromatic N) is 1. The predicted molar refractivity (Wildman–Crippen MR) is 110 cm³/mol. The molecule has 2 aliphatic heterocycles. The number of sulfonamides is 1. The maximum Gasteiger partial charge on any atom is 0.243 e. The molecule has 2 saturated heterocycles. The highest BCUT2D eigenvalue weighted by atomic mass is 32.2. The molecule has 0 aromatic heterocycles. The van der Waals surface area contributed by atoms with Gasteiger partial charge in [-0.25, -0.2) is 16.8 Å². The molecule has 2 atom stereocenters. The van der Waals surface area contributed by atoms with Gasteiger partial charge in [-0.1, -0.05) is 42.0 Å². The Morgan fingerprint density at radius 1 is 0.857 bits per heavy atom. The van der Waals surface area contributed by atoms with Gasteiger partial charge in [0.25, 0.3) is 0 Å². The van der Waals surface area contributed by atoms with E-state index in [1.807, 2.05) is 37.3 Å². The van der Waals surface area contributed by atoms with E-state index in [2.05, 4.69) is 6.07 Å². The smallest absolute Gasteiger partial charge is 0.229 e. The van der Waals surface area contributed by atoms with Gasteiger partial charge in [0.1, 0.15) is 9.84 Å². The van der Waals surface area contributed by atoms with Crippen LogP contribution in [0, 0.1) is 6.92 Å². The summed E-state index contributed by atoms with van der Waals surface area (Å²) in [5.74, 6) is 0. The summed E-state index contributed by atoms with van der Waals surface area (Å²) >= 11 is 0. The van der Waals surface area contributed by atoms with E-state index in [-0.39, 0.29) is 17.0 Å². The maximum absolute atomic E-state index is 13.3. The summed E-state index contributed by atoms with van der Waals surface area (Å²) in [4.78, 5) is 0.276. The van der Waals surface area contributed by atoms with Crippen molar-refractivity contribution in [3.05, 3.63) is 54.1 Å². The molecular weight excluding hydrogens is 394 g/mol. The van der Waals surface area contributed by atoms with Crippen LogP contribution in [0.5, 0.6) is 0 Å². The van der Waals surface area contributed by atoms with Gasteiger partial charge >= 0.3 is 0 Å². The number of rotatable bonds is 4. The quantitative estimate of drug-likeness (QED) is 0.762. The zero-order valence-electron chi connectivity index (χ0n) is 16.1. The lowest BCUT2D eigenvalue weighted by Crippen LogP contribution is -2.49. The van der Waals surface area contributed by atoms with Crippen molar-refractivity contribution >= 4 is 19.9 Å². The first kappa shape index (κ1) is 19.6. The molecule has 0 amide bonds. The Balaban J connectivity index is 1.61. The van der Waals surface area contributed by atoms with E-state index in [0.29, 0.717) is 12.8 Å². The summed E-state index contributed by atoms with van der Waals surface area (Å²) in [6.07, 6.45) is 3.52. The topological polar surface area (TPSA) is 71.5 Å². The molecule has 2 aliphatic rings. The van der Waals surface area contributed by atoms with Crippen molar-refractivity contribution in [1.29, 1.82) is 0 Å². The number of hydrogen-bond donors (Lipinski definition) is 0. The summed E-state index contributed by atoms with van der Waals surface area (Å²) in [6.45, 7) is 2.03. The maximum atomic E-state index is 13.3. The molecule has 0 saturated carbocycles. The fraction of sp³-hybridized carbons (Fsp3) is 0.429. The molecule has 2 bridgehead atoms. The first-order chi connectivity index (χ1) is 13.2. The van der Waals surface area contributed by atoms with Crippen LogP contribution in [0.25, 0.3) is 11.1 Å². The number of fused-ring (bicyclic) bond motifs is 2. The van der Waals surface area contributed by atoms with Crippen molar-refractivity contribution < 1.29 is 16.8 Å². The Morgan fingerprint density at radius 3 is 2.00 bits per heavy atom. The van der Waals surface area contributed by atoms with Gasteiger partial charge in [0.2, 0.25) is 10.0 Å². The first-order valence-electron chi connectivity index (χ1n) is 9.56. The second-order valence-electron chi connectivity index (χ2n) is 8.04. The molecule has 2 heterocycles. The van der Waals surface area contributed by atoms with Crippen LogP contribution in [-0.2, 0) is 19.9 Å². The van der Waals surface area contributed by atoms with Crippen molar-refractivity contribution in [2.45, 2.75) is 54.8 Å². The molecule has 2 aromatic rings. The molecule has 28 heavy (non-hydrogen) atoms. The van der Waals surface area contributed by atoms with E-state index in [0.717, 1.165) is 29.5 Å². The second-order valence-corrected chi connectivity index (χ2v) is 12.2. The van der Waals surface area contributed by atoms with E-state index in [1.165, 1.54) is 6.26 Å². The van der Waals surface area contributed by atoms with Crippen LogP contribution >= 0.6 is 0 Å². The number of piperidine rings is 1. The summed E-state index contributed by atoms with van der Waals surface area (Å²) < 4.78 is 52.1. The number of hydrogen-bond acceptors (Lipinski definition) is 4. The predicted octanol–water partition coefficient (Wildman–Crippen LogP) is 3.39. The van der Waals surface area contributed by atoms with Gasteiger partial charge in [-0.15, -0.1) is 0 Å². The van der Waals surface area contributed by atoms with Gasteiger partial charge in [0.15, 0.2) is 0 Å².